The summed E-state index contributed by atoms with van der Waals surface area (Å²) in [5, 5.41) is 13.5. The number of hydrogen-bond acceptors (Lipinski definition) is 6. The molecule has 0 amide bonds. The zero-order valence-electron chi connectivity index (χ0n) is 12.1. The summed E-state index contributed by atoms with van der Waals surface area (Å²) in [7, 11) is 0. The number of benzene rings is 1. The van der Waals surface area contributed by atoms with Gasteiger partial charge in [-0.1, -0.05) is 18.2 Å². The van der Waals surface area contributed by atoms with E-state index in [-0.39, 0.29) is 5.82 Å². The maximum absolute atomic E-state index is 13.7. The Morgan fingerprint density at radius 2 is 2.13 bits per heavy atom. The molecule has 0 spiro atoms. The first-order valence-corrected chi connectivity index (χ1v) is 6.90. The zero-order valence-corrected chi connectivity index (χ0v) is 12.1. The summed E-state index contributed by atoms with van der Waals surface area (Å²) in [6.07, 6.45) is 5.70. The van der Waals surface area contributed by atoms with Gasteiger partial charge in [-0.25, -0.2) is 14.4 Å². The molecule has 6 nitrogen and oxygen atoms in total. The van der Waals surface area contributed by atoms with Crippen LogP contribution < -0.4 is 10.6 Å². The molecule has 3 N–H and O–H groups in total. The van der Waals surface area contributed by atoms with Crippen LogP contribution in [0.25, 0.3) is 0 Å². The van der Waals surface area contributed by atoms with Crippen molar-refractivity contribution in [3.8, 4) is 0 Å². The summed E-state index contributed by atoms with van der Waals surface area (Å²) in [5.41, 5.74) is 1.80. The fraction of sp³-hybridized carbons (Fsp3) is 0.0625. The molecule has 0 radical (unpaired) electrons. The fourth-order valence-corrected chi connectivity index (χ4v) is 2.03. The Hall–Kier alpha value is -3.22. The molecule has 0 fully saturated rings. The number of rotatable bonds is 6. The highest BCUT2D eigenvalue weighted by Gasteiger charge is 2.07. The molecule has 3 aromatic rings. The van der Waals surface area contributed by atoms with Gasteiger partial charge in [0.05, 0.1) is 6.20 Å². The molecule has 0 atom stereocenters. The lowest BCUT2D eigenvalue weighted by Gasteiger charge is -2.11. The van der Waals surface area contributed by atoms with Crippen molar-refractivity contribution in [2.45, 2.75) is 6.54 Å². The van der Waals surface area contributed by atoms with Gasteiger partial charge in [-0.15, -0.1) is 0 Å². The quantitative estimate of drug-likeness (QED) is 0.606. The first-order chi connectivity index (χ1) is 11.3. The van der Waals surface area contributed by atoms with Crippen LogP contribution in [0.3, 0.4) is 0 Å². The Morgan fingerprint density at radius 1 is 1.26 bits per heavy atom. The first-order valence-electron chi connectivity index (χ1n) is 6.90. The number of pyridine rings is 1. The van der Waals surface area contributed by atoms with Crippen molar-refractivity contribution < 1.29 is 8.81 Å². The van der Waals surface area contributed by atoms with Crippen LogP contribution in [0.5, 0.6) is 0 Å². The average molecular weight is 311 g/mol. The van der Waals surface area contributed by atoms with Gasteiger partial charge in [0.2, 0.25) is 0 Å². The minimum atomic E-state index is -0.274. The predicted molar refractivity (Wildman–Crippen MR) is 85.6 cm³/mol. The molecule has 2 heterocycles. The van der Waals surface area contributed by atoms with Crippen molar-refractivity contribution >= 4 is 23.7 Å². The van der Waals surface area contributed by atoms with Gasteiger partial charge in [0.1, 0.15) is 17.9 Å². The molecule has 7 heteroatoms. The van der Waals surface area contributed by atoms with E-state index in [2.05, 4.69) is 20.6 Å². The van der Waals surface area contributed by atoms with Gasteiger partial charge in [-0.3, -0.25) is 5.32 Å². The third-order valence-corrected chi connectivity index (χ3v) is 3.18. The highest BCUT2D eigenvalue weighted by molar-refractivity contribution is 5.86. The van der Waals surface area contributed by atoms with E-state index in [0.717, 1.165) is 0 Å². The molecule has 2 aromatic heterocycles. The van der Waals surface area contributed by atoms with Crippen molar-refractivity contribution in [2.75, 3.05) is 10.6 Å². The van der Waals surface area contributed by atoms with Crippen LogP contribution in [0, 0.1) is 11.2 Å². The summed E-state index contributed by atoms with van der Waals surface area (Å²) >= 11 is 0. The van der Waals surface area contributed by atoms with E-state index >= 15 is 0 Å². The van der Waals surface area contributed by atoms with Crippen LogP contribution >= 0.6 is 0 Å². The highest BCUT2D eigenvalue weighted by atomic mass is 19.1. The zero-order chi connectivity index (χ0) is 16.1. The lowest BCUT2D eigenvalue weighted by Crippen LogP contribution is -2.05. The average Bonchev–Trinajstić information content (AvgIpc) is 3.07. The van der Waals surface area contributed by atoms with Gasteiger partial charge in [0, 0.05) is 41.8 Å². The largest absolute Gasteiger partial charge is 0.432 e. The summed E-state index contributed by atoms with van der Waals surface area (Å²) < 4.78 is 18.8. The van der Waals surface area contributed by atoms with E-state index in [1.165, 1.54) is 24.7 Å². The molecule has 1 aromatic carbocycles. The standard InChI is InChI=1S/C16H14FN5O/c17-13-4-2-1-3-11(13)9-20-14-7-15(21-10-12(14)8-18)22-16-19-5-6-23-16/h1-8,10,18H,9H2,(H2,19,20,21,22). The molecule has 3 rings (SSSR count). The number of nitrogens with zero attached hydrogens (tertiary/aromatic N) is 2. The van der Waals surface area contributed by atoms with Gasteiger partial charge in [-0.2, -0.15) is 0 Å². The third-order valence-electron chi connectivity index (χ3n) is 3.18. The van der Waals surface area contributed by atoms with Gasteiger partial charge >= 0.3 is 0 Å². The normalized spacial score (nSPS) is 10.3. The monoisotopic (exact) mass is 311 g/mol. The summed E-state index contributed by atoms with van der Waals surface area (Å²) in [5.74, 6) is 0.234. The highest BCUT2D eigenvalue weighted by Crippen LogP contribution is 2.21. The van der Waals surface area contributed by atoms with Crippen molar-refractivity contribution in [1.82, 2.24) is 9.97 Å². The Morgan fingerprint density at radius 3 is 2.87 bits per heavy atom. The number of anilines is 3. The lowest BCUT2D eigenvalue weighted by atomic mass is 10.2. The second kappa shape index (κ2) is 6.69. The van der Waals surface area contributed by atoms with Crippen LogP contribution in [0.2, 0.25) is 0 Å². The van der Waals surface area contributed by atoms with E-state index < -0.39 is 0 Å². The Bertz CT molecular complexity index is 804. The van der Waals surface area contributed by atoms with Crippen LogP contribution in [-0.4, -0.2) is 16.2 Å². The Balaban J connectivity index is 1.79. The second-order valence-electron chi connectivity index (χ2n) is 4.71. The molecule has 0 saturated heterocycles. The van der Waals surface area contributed by atoms with E-state index in [9.17, 15) is 4.39 Å². The maximum Gasteiger partial charge on any atom is 0.300 e. The van der Waals surface area contributed by atoms with E-state index in [1.807, 2.05) is 0 Å². The lowest BCUT2D eigenvalue weighted by molar-refractivity contribution is 0.577. The summed E-state index contributed by atoms with van der Waals surface area (Å²) in [6, 6.07) is 8.58. The van der Waals surface area contributed by atoms with Crippen LogP contribution in [-0.2, 0) is 6.54 Å². The molecule has 23 heavy (non-hydrogen) atoms. The summed E-state index contributed by atoms with van der Waals surface area (Å²) in [6.45, 7) is 0.302. The summed E-state index contributed by atoms with van der Waals surface area (Å²) in [4.78, 5) is 8.14. The molecular weight excluding hydrogens is 297 g/mol. The molecule has 0 bridgehead atoms. The van der Waals surface area contributed by atoms with Crippen LogP contribution in [0.15, 0.2) is 53.4 Å². The maximum atomic E-state index is 13.7. The van der Waals surface area contributed by atoms with Gasteiger partial charge in [-0.05, 0) is 6.07 Å². The molecular formula is C16H14FN5O. The van der Waals surface area contributed by atoms with E-state index in [0.29, 0.717) is 35.2 Å². The number of halogens is 1. The SMILES string of the molecule is N=Cc1cnc(Nc2ncco2)cc1NCc1ccccc1F. The topological polar surface area (TPSA) is 86.8 Å². The van der Waals surface area contributed by atoms with Crippen molar-refractivity contribution in [3.63, 3.8) is 0 Å². The molecule has 116 valence electrons. The smallest absolute Gasteiger partial charge is 0.300 e. The molecule has 0 aliphatic heterocycles. The predicted octanol–water partition coefficient (Wildman–Crippen LogP) is 3.56. The molecule has 0 aliphatic carbocycles. The van der Waals surface area contributed by atoms with E-state index in [1.54, 1.807) is 30.5 Å². The van der Waals surface area contributed by atoms with Gasteiger partial charge < -0.3 is 15.1 Å². The number of hydrogen-bond donors (Lipinski definition) is 3. The Labute approximate surface area is 131 Å². The molecule has 0 aliphatic rings. The van der Waals surface area contributed by atoms with Crippen LogP contribution in [0.1, 0.15) is 11.1 Å². The molecule has 0 saturated carbocycles. The number of aromatic nitrogens is 2. The minimum Gasteiger partial charge on any atom is -0.432 e. The third kappa shape index (κ3) is 3.52. The van der Waals surface area contributed by atoms with Crippen molar-refractivity contribution in [1.29, 1.82) is 5.41 Å². The van der Waals surface area contributed by atoms with Crippen molar-refractivity contribution in [2.24, 2.45) is 0 Å². The van der Waals surface area contributed by atoms with Gasteiger partial charge in [0.15, 0.2) is 0 Å². The van der Waals surface area contributed by atoms with Crippen LogP contribution in [0.4, 0.5) is 21.9 Å². The second-order valence-corrected chi connectivity index (χ2v) is 4.71. The Kier molecular flexibility index (Phi) is 4.28. The van der Waals surface area contributed by atoms with Crippen molar-refractivity contribution in [3.05, 3.63) is 65.9 Å². The van der Waals surface area contributed by atoms with E-state index in [4.69, 9.17) is 9.83 Å². The van der Waals surface area contributed by atoms with Gasteiger partial charge in [0.25, 0.3) is 6.01 Å². The minimum absolute atomic E-state index is 0.274. The number of nitrogens with one attached hydrogen (secondary N) is 3. The molecule has 0 unspecified atom stereocenters. The fourth-order valence-electron chi connectivity index (χ4n) is 2.03. The first kappa shape index (κ1) is 14.7. The number of oxazole rings is 1.